The van der Waals surface area contributed by atoms with Crippen molar-refractivity contribution in [3.63, 3.8) is 0 Å². The number of benzene rings is 2. The minimum Gasteiger partial charge on any atom is -0.450 e. The van der Waals surface area contributed by atoms with E-state index in [2.05, 4.69) is 30.1 Å². The molecule has 0 saturated carbocycles. The monoisotopic (exact) mass is 529 g/mol. The van der Waals surface area contributed by atoms with Crippen molar-refractivity contribution in [3.05, 3.63) is 63.3 Å². The first-order valence-corrected chi connectivity index (χ1v) is 13.4. The molecule has 1 aliphatic rings. The number of anilines is 1. The Bertz CT molecular complexity index is 1250. The second-order valence-electron chi connectivity index (χ2n) is 9.22. The summed E-state index contributed by atoms with van der Waals surface area (Å²) in [4.78, 5) is 30.4. The number of furan rings is 1. The Hall–Kier alpha value is -2.54. The van der Waals surface area contributed by atoms with E-state index in [4.69, 9.17) is 27.6 Å². The van der Waals surface area contributed by atoms with Crippen molar-refractivity contribution in [1.82, 2.24) is 9.80 Å². The fourth-order valence-corrected chi connectivity index (χ4v) is 5.49. The highest BCUT2D eigenvalue weighted by Crippen LogP contribution is 2.37. The van der Waals surface area contributed by atoms with Crippen LogP contribution < -0.4 is 5.32 Å². The van der Waals surface area contributed by atoms with E-state index in [1.165, 1.54) is 0 Å². The van der Waals surface area contributed by atoms with Gasteiger partial charge in [-0.05, 0) is 61.8 Å². The van der Waals surface area contributed by atoms with Crippen molar-refractivity contribution in [3.8, 4) is 0 Å². The minimum atomic E-state index is -0.304. The molecule has 1 aromatic heterocycles. The zero-order chi connectivity index (χ0) is 25.8. The number of nitrogens with zero attached hydrogens (tertiary/aromatic N) is 2. The van der Waals surface area contributed by atoms with E-state index >= 15 is 0 Å². The quantitative estimate of drug-likeness (QED) is 0.322. The first-order valence-electron chi connectivity index (χ1n) is 12.6. The summed E-state index contributed by atoms with van der Waals surface area (Å²) in [6.45, 7) is 8.47. The number of nitrogens with one attached hydrogen (secondary N) is 1. The van der Waals surface area contributed by atoms with Crippen molar-refractivity contribution in [2.45, 2.75) is 39.0 Å². The lowest BCUT2D eigenvalue weighted by Gasteiger charge is -2.33. The molecule has 192 valence electrons. The van der Waals surface area contributed by atoms with Crippen molar-refractivity contribution < 1.29 is 14.0 Å². The number of hydrogen-bond donors (Lipinski definition) is 1. The Morgan fingerprint density at radius 3 is 2.61 bits per heavy atom. The molecule has 2 aromatic carbocycles. The van der Waals surface area contributed by atoms with E-state index in [0.717, 1.165) is 50.0 Å². The topological polar surface area (TPSA) is 65.8 Å². The molecule has 1 aliphatic heterocycles. The summed E-state index contributed by atoms with van der Waals surface area (Å²) < 4.78 is 6.10. The minimum absolute atomic E-state index is 0.214. The van der Waals surface area contributed by atoms with Gasteiger partial charge in [-0.1, -0.05) is 43.1 Å². The smallest absolute Gasteiger partial charge is 0.231 e. The van der Waals surface area contributed by atoms with Crippen LogP contribution in [0.3, 0.4) is 0 Å². The molecular formula is C28H33Cl2N3O3. The van der Waals surface area contributed by atoms with Crippen molar-refractivity contribution in [1.29, 1.82) is 0 Å². The number of carbonyl (C=O) groups is 2. The molecule has 3 aromatic rings. The van der Waals surface area contributed by atoms with Gasteiger partial charge in [-0.15, -0.1) is 0 Å². The van der Waals surface area contributed by atoms with Gasteiger partial charge < -0.3 is 19.5 Å². The average molecular weight is 530 g/mol. The molecule has 1 unspecified atom stereocenters. The van der Waals surface area contributed by atoms with Gasteiger partial charge in [-0.25, -0.2) is 0 Å². The molecular weight excluding hydrogens is 497 g/mol. The van der Waals surface area contributed by atoms with Gasteiger partial charge in [0.15, 0.2) is 5.76 Å². The highest BCUT2D eigenvalue weighted by molar-refractivity contribution is 6.37. The van der Waals surface area contributed by atoms with Gasteiger partial charge in [0.05, 0.1) is 10.7 Å². The van der Waals surface area contributed by atoms with Crippen LogP contribution in [-0.4, -0.2) is 61.3 Å². The van der Waals surface area contributed by atoms with Crippen molar-refractivity contribution in [2.75, 3.05) is 45.1 Å². The number of amides is 1. The number of fused-ring (bicyclic) bond motifs is 1. The van der Waals surface area contributed by atoms with Gasteiger partial charge in [0.1, 0.15) is 5.58 Å². The second kappa shape index (κ2) is 11.7. The molecule has 6 nitrogen and oxygen atoms in total. The van der Waals surface area contributed by atoms with Crippen LogP contribution in [-0.2, 0) is 4.79 Å². The maximum atomic E-state index is 13.3. The molecule has 1 saturated heterocycles. The number of ketones is 1. The predicted molar refractivity (Wildman–Crippen MR) is 147 cm³/mol. The molecule has 4 rings (SSSR count). The average Bonchev–Trinajstić information content (AvgIpc) is 3.26. The van der Waals surface area contributed by atoms with E-state index < -0.39 is 0 Å². The van der Waals surface area contributed by atoms with Crippen LogP contribution in [0.1, 0.15) is 60.7 Å². The largest absolute Gasteiger partial charge is 0.450 e. The molecule has 1 fully saturated rings. The molecule has 1 N–H and O–H groups in total. The lowest BCUT2D eigenvalue weighted by Crippen LogP contribution is -2.40. The third-order valence-electron chi connectivity index (χ3n) is 7.13. The Morgan fingerprint density at radius 2 is 1.92 bits per heavy atom. The fourth-order valence-electron chi connectivity index (χ4n) is 5.00. The van der Waals surface area contributed by atoms with Crippen LogP contribution in [0.15, 0.2) is 40.8 Å². The molecule has 2 heterocycles. The van der Waals surface area contributed by atoms with E-state index in [1.54, 1.807) is 25.2 Å². The molecule has 0 radical (unpaired) electrons. The van der Waals surface area contributed by atoms with Gasteiger partial charge in [0.25, 0.3) is 0 Å². The van der Waals surface area contributed by atoms with E-state index in [-0.39, 0.29) is 28.4 Å². The summed E-state index contributed by atoms with van der Waals surface area (Å²) in [6, 6.07) is 10.9. The summed E-state index contributed by atoms with van der Waals surface area (Å²) in [5.41, 5.74) is 2.71. The Morgan fingerprint density at radius 1 is 1.14 bits per heavy atom. The van der Waals surface area contributed by atoms with E-state index in [1.807, 2.05) is 17.0 Å². The maximum absolute atomic E-state index is 13.3. The lowest BCUT2D eigenvalue weighted by molar-refractivity contribution is -0.132. The summed E-state index contributed by atoms with van der Waals surface area (Å²) in [5, 5.41) is 4.69. The SMILES string of the molecule is CCN(CC)CCC(=O)N1CCCC(c2ccc3c(NC)c(C(=O)c4ccc(Cl)cc4Cl)oc3c2)C1. The van der Waals surface area contributed by atoms with Crippen LogP contribution >= 0.6 is 23.2 Å². The van der Waals surface area contributed by atoms with Crippen LogP contribution in [0.25, 0.3) is 11.0 Å². The molecule has 0 aliphatic carbocycles. The summed E-state index contributed by atoms with van der Waals surface area (Å²) in [7, 11) is 1.77. The van der Waals surface area contributed by atoms with Gasteiger partial charge >= 0.3 is 0 Å². The maximum Gasteiger partial charge on any atom is 0.231 e. The van der Waals surface area contributed by atoms with Gasteiger partial charge in [0.2, 0.25) is 11.7 Å². The summed E-state index contributed by atoms with van der Waals surface area (Å²) in [6.07, 6.45) is 2.53. The Balaban J connectivity index is 1.55. The lowest BCUT2D eigenvalue weighted by atomic mass is 9.90. The van der Waals surface area contributed by atoms with Crippen LogP contribution in [0, 0.1) is 0 Å². The second-order valence-corrected chi connectivity index (χ2v) is 10.1. The van der Waals surface area contributed by atoms with E-state index in [0.29, 0.717) is 34.8 Å². The number of piperidine rings is 1. The molecule has 1 atom stereocenters. The third kappa shape index (κ3) is 5.56. The zero-order valence-electron chi connectivity index (χ0n) is 21.1. The molecule has 0 spiro atoms. The normalized spacial score (nSPS) is 16.1. The van der Waals surface area contributed by atoms with Crippen LogP contribution in [0.5, 0.6) is 0 Å². The third-order valence-corrected chi connectivity index (χ3v) is 7.68. The molecule has 36 heavy (non-hydrogen) atoms. The Labute approximate surface area is 222 Å². The van der Waals surface area contributed by atoms with Crippen LogP contribution in [0.2, 0.25) is 10.0 Å². The standard InChI is InChI=1S/C28H33Cl2N3O3/c1-4-32(5-2)14-12-25(34)33-13-6-7-19(17-33)18-8-10-22-24(15-18)36-28(26(22)31-3)27(35)21-11-9-20(29)16-23(21)30/h8-11,15-16,19,31H,4-7,12-14,17H2,1-3H3. The predicted octanol–water partition coefficient (Wildman–Crippen LogP) is 6.45. The van der Waals surface area contributed by atoms with Gasteiger partial charge in [-0.2, -0.15) is 0 Å². The van der Waals surface area contributed by atoms with Crippen molar-refractivity contribution in [2.24, 2.45) is 0 Å². The fraction of sp³-hybridized carbons (Fsp3) is 0.429. The molecule has 1 amide bonds. The molecule has 0 bridgehead atoms. The highest BCUT2D eigenvalue weighted by atomic mass is 35.5. The Kier molecular flexibility index (Phi) is 8.60. The first kappa shape index (κ1) is 26.5. The number of rotatable bonds is 9. The summed E-state index contributed by atoms with van der Waals surface area (Å²) >= 11 is 12.3. The number of hydrogen-bond acceptors (Lipinski definition) is 5. The molecule has 8 heteroatoms. The van der Waals surface area contributed by atoms with Gasteiger partial charge in [-0.3, -0.25) is 9.59 Å². The first-order chi connectivity index (χ1) is 17.4. The highest BCUT2D eigenvalue weighted by Gasteiger charge is 2.27. The van der Waals surface area contributed by atoms with Crippen molar-refractivity contribution >= 4 is 51.5 Å². The number of likely N-dealkylation sites (tertiary alicyclic amines) is 1. The van der Waals surface area contributed by atoms with Crippen LogP contribution in [0.4, 0.5) is 5.69 Å². The zero-order valence-corrected chi connectivity index (χ0v) is 22.6. The number of carbonyl (C=O) groups excluding carboxylic acids is 2. The number of halogens is 2. The van der Waals surface area contributed by atoms with E-state index in [9.17, 15) is 9.59 Å². The van der Waals surface area contributed by atoms with Gasteiger partial charge in [0, 0.05) is 55.0 Å². The summed E-state index contributed by atoms with van der Waals surface area (Å²) in [5.74, 6) is 0.358.